The molecule has 0 saturated heterocycles. The number of nitrogens with two attached hydrogens (primary N) is 1. The summed E-state index contributed by atoms with van der Waals surface area (Å²) < 4.78 is 25.9. The van der Waals surface area contributed by atoms with E-state index in [4.69, 9.17) is 5.73 Å². The first-order valence-electron chi connectivity index (χ1n) is 4.80. The highest BCUT2D eigenvalue weighted by Gasteiger charge is 2.36. The van der Waals surface area contributed by atoms with E-state index < -0.39 is 18.0 Å². The molecule has 0 radical (unpaired) electrons. The average Bonchev–Trinajstić information content (AvgIpc) is 2.14. The molecule has 0 unspecified atom stereocenters. The molecule has 2 N–H and O–H groups in total. The summed E-state index contributed by atoms with van der Waals surface area (Å²) in [5.41, 5.74) is 6.33. The number of hydrogen-bond donors (Lipinski definition) is 1. The van der Waals surface area contributed by atoms with E-state index >= 15 is 0 Å². The molecular weight excluding hydrogens is 184 g/mol. The molecule has 0 spiro atoms. The quantitative estimate of drug-likeness (QED) is 0.774. The van der Waals surface area contributed by atoms with Crippen molar-refractivity contribution < 1.29 is 8.78 Å². The summed E-state index contributed by atoms with van der Waals surface area (Å²) in [6.45, 7) is -0.777. The monoisotopic (exact) mass is 197 g/mol. The van der Waals surface area contributed by atoms with Crippen molar-refractivity contribution in [1.82, 2.24) is 0 Å². The summed E-state index contributed by atoms with van der Waals surface area (Å²) in [6.07, 6.45) is 2.69. The number of halogens is 2. The summed E-state index contributed by atoms with van der Waals surface area (Å²) >= 11 is 0. The predicted octanol–water partition coefficient (Wildman–Crippen LogP) is 2.63. The Hall–Kier alpha value is -0.960. The molecule has 1 aromatic carbocycles. The van der Waals surface area contributed by atoms with Crippen molar-refractivity contribution in [3.63, 3.8) is 0 Å². The Kier molecular flexibility index (Phi) is 2.27. The van der Waals surface area contributed by atoms with Crippen molar-refractivity contribution in [3.05, 3.63) is 35.1 Å². The van der Waals surface area contributed by atoms with Gasteiger partial charge in [-0.2, -0.15) is 0 Å². The summed E-state index contributed by atoms with van der Waals surface area (Å²) in [7, 11) is 0. The van der Waals surface area contributed by atoms with Crippen LogP contribution in [-0.4, -0.2) is 0 Å². The maximum absolute atomic E-state index is 13.2. The molecule has 0 atom stereocenters. The van der Waals surface area contributed by atoms with E-state index in [1.54, 1.807) is 12.1 Å². The smallest absolute Gasteiger partial charge is 0.129 e. The molecule has 0 bridgehead atoms. The molecule has 1 aliphatic rings. The van der Waals surface area contributed by atoms with Gasteiger partial charge in [0.15, 0.2) is 0 Å². The molecule has 0 heterocycles. The van der Waals surface area contributed by atoms with Gasteiger partial charge in [-0.25, -0.2) is 8.78 Å². The molecule has 0 aliphatic heterocycles. The zero-order chi connectivity index (χ0) is 10.2. The molecule has 2 rings (SSSR count). The van der Waals surface area contributed by atoms with E-state index in [1.807, 2.05) is 0 Å². The Morgan fingerprint density at radius 2 is 2.07 bits per heavy atom. The molecule has 1 fully saturated rings. The predicted molar refractivity (Wildman–Crippen MR) is 50.9 cm³/mol. The van der Waals surface area contributed by atoms with Gasteiger partial charge in [-0.05, 0) is 30.9 Å². The summed E-state index contributed by atoms with van der Waals surface area (Å²) in [5, 5.41) is 0. The first-order chi connectivity index (χ1) is 6.67. The molecular formula is C11H13F2N. The minimum absolute atomic E-state index is 0.134. The van der Waals surface area contributed by atoms with Crippen LogP contribution >= 0.6 is 0 Å². The van der Waals surface area contributed by atoms with Crippen molar-refractivity contribution in [2.45, 2.75) is 31.5 Å². The average molecular weight is 197 g/mol. The molecule has 14 heavy (non-hydrogen) atoms. The van der Waals surface area contributed by atoms with E-state index in [2.05, 4.69) is 0 Å². The highest BCUT2D eigenvalue weighted by Crippen LogP contribution is 2.40. The van der Waals surface area contributed by atoms with Gasteiger partial charge in [0.2, 0.25) is 0 Å². The van der Waals surface area contributed by atoms with Crippen molar-refractivity contribution in [2.75, 3.05) is 0 Å². The van der Waals surface area contributed by atoms with Crippen LogP contribution in [0.25, 0.3) is 0 Å². The fourth-order valence-corrected chi connectivity index (χ4v) is 1.99. The normalized spacial score (nSPS) is 19.1. The largest absolute Gasteiger partial charge is 0.321 e. The van der Waals surface area contributed by atoms with Crippen LogP contribution in [0, 0.1) is 5.82 Å². The van der Waals surface area contributed by atoms with Gasteiger partial charge in [0, 0.05) is 11.1 Å². The van der Waals surface area contributed by atoms with Crippen LogP contribution in [-0.2, 0) is 12.2 Å². The zero-order valence-electron chi connectivity index (χ0n) is 7.89. The Balaban J connectivity index is 2.46. The van der Waals surface area contributed by atoms with E-state index in [-0.39, 0.29) is 5.56 Å². The van der Waals surface area contributed by atoms with E-state index in [1.165, 1.54) is 6.07 Å². The second kappa shape index (κ2) is 3.31. The Morgan fingerprint density at radius 3 is 2.57 bits per heavy atom. The highest BCUT2D eigenvalue weighted by molar-refractivity contribution is 5.35. The van der Waals surface area contributed by atoms with Crippen LogP contribution in [0.3, 0.4) is 0 Å². The van der Waals surface area contributed by atoms with Crippen LogP contribution in [0.15, 0.2) is 18.2 Å². The van der Waals surface area contributed by atoms with E-state index in [0.717, 1.165) is 19.3 Å². The van der Waals surface area contributed by atoms with Crippen molar-refractivity contribution in [2.24, 2.45) is 5.73 Å². The van der Waals surface area contributed by atoms with Gasteiger partial charge < -0.3 is 5.73 Å². The van der Waals surface area contributed by atoms with Crippen LogP contribution in [0.4, 0.5) is 8.78 Å². The molecule has 1 aromatic rings. The number of hydrogen-bond acceptors (Lipinski definition) is 1. The maximum Gasteiger partial charge on any atom is 0.129 e. The fraction of sp³-hybridized carbons (Fsp3) is 0.455. The Bertz CT molecular complexity index is 345. The Labute approximate surface area is 81.9 Å². The minimum Gasteiger partial charge on any atom is -0.321 e. The van der Waals surface area contributed by atoms with Crippen LogP contribution in [0.2, 0.25) is 0 Å². The molecule has 0 amide bonds. The SMILES string of the molecule is NC1(c2cccc(F)c2CF)CCC1. The maximum atomic E-state index is 13.2. The summed E-state index contributed by atoms with van der Waals surface area (Å²) in [4.78, 5) is 0. The third-order valence-corrected chi connectivity index (χ3v) is 3.03. The Morgan fingerprint density at radius 1 is 1.36 bits per heavy atom. The number of alkyl halides is 1. The lowest BCUT2D eigenvalue weighted by molar-refractivity contribution is 0.248. The molecule has 3 heteroatoms. The molecule has 1 aliphatic carbocycles. The zero-order valence-corrected chi connectivity index (χ0v) is 7.89. The lowest BCUT2D eigenvalue weighted by Gasteiger charge is -2.39. The third-order valence-electron chi connectivity index (χ3n) is 3.03. The van der Waals surface area contributed by atoms with Crippen molar-refractivity contribution in [3.8, 4) is 0 Å². The molecule has 1 saturated carbocycles. The molecule has 1 nitrogen and oxygen atoms in total. The first kappa shape index (κ1) is 9.59. The van der Waals surface area contributed by atoms with Gasteiger partial charge in [0.25, 0.3) is 0 Å². The van der Waals surface area contributed by atoms with Crippen molar-refractivity contribution in [1.29, 1.82) is 0 Å². The molecule has 76 valence electrons. The van der Waals surface area contributed by atoms with Gasteiger partial charge in [0.1, 0.15) is 12.5 Å². The third kappa shape index (κ3) is 1.32. The minimum atomic E-state index is -0.777. The second-order valence-electron chi connectivity index (χ2n) is 3.91. The van der Waals surface area contributed by atoms with Gasteiger partial charge in [-0.15, -0.1) is 0 Å². The first-order valence-corrected chi connectivity index (χ1v) is 4.80. The number of benzene rings is 1. The van der Waals surface area contributed by atoms with Crippen molar-refractivity contribution >= 4 is 0 Å². The molecule has 0 aromatic heterocycles. The van der Waals surface area contributed by atoms with Crippen LogP contribution in [0.5, 0.6) is 0 Å². The van der Waals surface area contributed by atoms with Gasteiger partial charge in [0.05, 0.1) is 0 Å². The van der Waals surface area contributed by atoms with Gasteiger partial charge >= 0.3 is 0 Å². The lowest BCUT2D eigenvalue weighted by atomic mass is 9.71. The van der Waals surface area contributed by atoms with Gasteiger partial charge in [-0.3, -0.25) is 0 Å². The standard InChI is InChI=1S/C11H13F2N/c12-7-8-9(3-1-4-10(8)13)11(14)5-2-6-11/h1,3-4H,2,5-7,14H2. The van der Waals surface area contributed by atoms with Crippen LogP contribution in [0.1, 0.15) is 30.4 Å². The fourth-order valence-electron chi connectivity index (χ4n) is 1.99. The summed E-state index contributed by atoms with van der Waals surface area (Å²) in [6, 6.07) is 4.61. The highest BCUT2D eigenvalue weighted by atomic mass is 19.1. The van der Waals surface area contributed by atoms with Crippen LogP contribution < -0.4 is 5.73 Å². The van der Waals surface area contributed by atoms with E-state index in [9.17, 15) is 8.78 Å². The van der Waals surface area contributed by atoms with Gasteiger partial charge in [-0.1, -0.05) is 12.1 Å². The second-order valence-corrected chi connectivity index (χ2v) is 3.91. The summed E-state index contributed by atoms with van der Waals surface area (Å²) in [5.74, 6) is -0.485. The number of rotatable bonds is 2. The van der Waals surface area contributed by atoms with E-state index in [0.29, 0.717) is 5.56 Å². The lowest BCUT2D eigenvalue weighted by Crippen LogP contribution is -2.44. The topological polar surface area (TPSA) is 26.0 Å².